The maximum Gasteiger partial charge on any atom is 0.181 e. The van der Waals surface area contributed by atoms with Crippen molar-refractivity contribution in [2.45, 2.75) is 0 Å². The fourth-order valence-electron chi connectivity index (χ4n) is 1.78. The topological polar surface area (TPSA) is 26.0 Å². The van der Waals surface area contributed by atoms with Crippen LogP contribution in [-0.4, -0.2) is 5.16 Å². The number of rotatable bonds is 1. The predicted octanol–water partition coefficient (Wildman–Crippen LogP) is 4.54. The van der Waals surface area contributed by atoms with Gasteiger partial charge in [0.25, 0.3) is 0 Å². The molecule has 0 saturated heterocycles. The summed E-state index contributed by atoms with van der Waals surface area (Å²) in [5.41, 5.74) is 1.55. The molecule has 1 aromatic heterocycles. The van der Waals surface area contributed by atoms with Crippen LogP contribution in [0.2, 0.25) is 0 Å². The zero-order chi connectivity index (χ0) is 12.7. The minimum atomic E-state index is -0.904. The van der Waals surface area contributed by atoms with Crippen LogP contribution in [0.15, 0.2) is 45.4 Å². The highest BCUT2D eigenvalue weighted by Gasteiger charge is 2.13. The molecule has 5 heteroatoms. The van der Waals surface area contributed by atoms with Gasteiger partial charge < -0.3 is 4.52 Å². The van der Waals surface area contributed by atoms with Crippen molar-refractivity contribution in [2.75, 3.05) is 0 Å². The largest absolute Gasteiger partial charge is 0.354 e. The summed E-state index contributed by atoms with van der Waals surface area (Å²) in [6, 6.07) is 9.11. The van der Waals surface area contributed by atoms with Gasteiger partial charge in [0.05, 0.1) is 9.86 Å². The van der Waals surface area contributed by atoms with Gasteiger partial charge in [-0.05, 0) is 46.3 Å². The van der Waals surface area contributed by atoms with Crippen molar-refractivity contribution in [3.05, 3.63) is 52.5 Å². The summed E-state index contributed by atoms with van der Waals surface area (Å²) in [6.45, 7) is 0. The maximum absolute atomic E-state index is 13.2. The fourth-order valence-corrected chi connectivity index (χ4v) is 2.22. The second-order valence-electron chi connectivity index (χ2n) is 3.78. The molecule has 2 aromatic carbocycles. The van der Waals surface area contributed by atoms with Crippen molar-refractivity contribution in [2.24, 2.45) is 0 Å². The van der Waals surface area contributed by atoms with Crippen LogP contribution in [0, 0.1) is 11.6 Å². The van der Waals surface area contributed by atoms with Crippen molar-refractivity contribution >= 4 is 26.9 Å². The van der Waals surface area contributed by atoms with Crippen molar-refractivity contribution < 1.29 is 13.3 Å². The Morgan fingerprint density at radius 3 is 2.67 bits per heavy atom. The molecule has 3 rings (SSSR count). The first kappa shape index (κ1) is 11.3. The monoisotopic (exact) mass is 309 g/mol. The third kappa shape index (κ3) is 1.71. The molecule has 18 heavy (non-hydrogen) atoms. The van der Waals surface area contributed by atoms with Crippen LogP contribution in [-0.2, 0) is 0 Å². The second-order valence-corrected chi connectivity index (χ2v) is 4.63. The highest BCUT2D eigenvalue weighted by atomic mass is 79.9. The number of benzene rings is 2. The number of halogens is 3. The lowest BCUT2D eigenvalue weighted by atomic mass is 10.1. The molecule has 0 bridgehead atoms. The third-order valence-corrected chi connectivity index (χ3v) is 3.27. The number of para-hydroxylation sites is 1. The Morgan fingerprint density at radius 1 is 1.06 bits per heavy atom. The summed E-state index contributed by atoms with van der Waals surface area (Å²) in [5, 5.41) is 4.65. The van der Waals surface area contributed by atoms with E-state index in [1.54, 1.807) is 0 Å². The summed E-state index contributed by atoms with van der Waals surface area (Å²) >= 11 is 3.34. The molecular formula is C13H6BrF2NO. The van der Waals surface area contributed by atoms with Crippen LogP contribution in [0.25, 0.3) is 22.2 Å². The molecule has 0 saturated carbocycles. The van der Waals surface area contributed by atoms with E-state index in [0.29, 0.717) is 16.8 Å². The number of aromatic nitrogens is 1. The van der Waals surface area contributed by atoms with Crippen LogP contribution >= 0.6 is 15.9 Å². The molecule has 0 spiro atoms. The number of nitrogens with zero attached hydrogens (tertiary/aromatic N) is 1. The van der Waals surface area contributed by atoms with Crippen LogP contribution in [0.1, 0.15) is 0 Å². The van der Waals surface area contributed by atoms with Gasteiger partial charge in [-0.2, -0.15) is 0 Å². The Bertz CT molecular complexity index is 739. The van der Waals surface area contributed by atoms with E-state index >= 15 is 0 Å². The molecule has 0 aliphatic rings. The molecule has 0 radical (unpaired) electrons. The molecule has 1 heterocycles. The molecule has 0 amide bonds. The summed E-state index contributed by atoms with van der Waals surface area (Å²) in [4.78, 5) is 0. The Hall–Kier alpha value is -1.75. The van der Waals surface area contributed by atoms with E-state index in [-0.39, 0.29) is 0 Å². The first-order chi connectivity index (χ1) is 8.66. The average Bonchev–Trinajstić information content (AvgIpc) is 2.78. The van der Waals surface area contributed by atoms with E-state index < -0.39 is 11.6 Å². The molecule has 0 aliphatic heterocycles. The van der Waals surface area contributed by atoms with Crippen molar-refractivity contribution in [3.8, 4) is 11.3 Å². The van der Waals surface area contributed by atoms with Crippen LogP contribution in [0.4, 0.5) is 8.78 Å². The molecule has 2 nitrogen and oxygen atoms in total. The highest BCUT2D eigenvalue weighted by Crippen LogP contribution is 2.32. The van der Waals surface area contributed by atoms with Crippen LogP contribution in [0.3, 0.4) is 0 Å². The molecule has 0 atom stereocenters. The van der Waals surface area contributed by atoms with Gasteiger partial charge in [-0.25, -0.2) is 8.78 Å². The average molecular weight is 310 g/mol. The van der Waals surface area contributed by atoms with E-state index in [4.69, 9.17) is 4.52 Å². The Labute approximate surface area is 109 Å². The van der Waals surface area contributed by atoms with Crippen LogP contribution in [0.5, 0.6) is 0 Å². The predicted molar refractivity (Wildman–Crippen MR) is 67.1 cm³/mol. The molecule has 0 unspecified atom stereocenters. The summed E-state index contributed by atoms with van der Waals surface area (Å²) in [6.07, 6.45) is 0. The molecule has 0 fully saturated rings. The SMILES string of the molecule is Fc1ccc(-c2noc3c(Br)cccc23)cc1F. The van der Waals surface area contributed by atoms with E-state index in [1.165, 1.54) is 6.07 Å². The molecule has 3 aromatic rings. The van der Waals surface area contributed by atoms with Crippen molar-refractivity contribution in [3.63, 3.8) is 0 Å². The molecule has 0 aliphatic carbocycles. The zero-order valence-corrected chi connectivity index (χ0v) is 10.5. The molecule has 90 valence electrons. The molecule has 0 N–H and O–H groups in total. The maximum atomic E-state index is 13.2. The summed E-state index contributed by atoms with van der Waals surface area (Å²) in [7, 11) is 0. The Kier molecular flexibility index (Phi) is 2.63. The molecular weight excluding hydrogens is 304 g/mol. The normalized spacial score (nSPS) is 11.1. The lowest BCUT2D eigenvalue weighted by molar-refractivity contribution is 0.458. The van der Waals surface area contributed by atoms with Gasteiger partial charge in [0.2, 0.25) is 0 Å². The van der Waals surface area contributed by atoms with E-state index in [1.807, 2.05) is 18.2 Å². The minimum absolute atomic E-state index is 0.478. The van der Waals surface area contributed by atoms with Crippen molar-refractivity contribution in [1.29, 1.82) is 0 Å². The van der Waals surface area contributed by atoms with Gasteiger partial charge in [0.1, 0.15) is 5.69 Å². The number of hydrogen-bond donors (Lipinski definition) is 0. The standard InChI is InChI=1S/C13H6BrF2NO/c14-9-3-1-2-8-12(17-18-13(8)9)7-4-5-10(15)11(16)6-7/h1-6H. The van der Waals surface area contributed by atoms with Gasteiger partial charge in [0, 0.05) is 5.56 Å². The summed E-state index contributed by atoms with van der Waals surface area (Å²) < 4.78 is 32.1. The van der Waals surface area contributed by atoms with Crippen molar-refractivity contribution in [1.82, 2.24) is 5.16 Å². The Morgan fingerprint density at radius 2 is 1.89 bits per heavy atom. The second kappa shape index (κ2) is 4.17. The van der Waals surface area contributed by atoms with Gasteiger partial charge in [-0.15, -0.1) is 0 Å². The summed E-state index contributed by atoms with van der Waals surface area (Å²) in [5.74, 6) is -1.79. The highest BCUT2D eigenvalue weighted by molar-refractivity contribution is 9.10. The van der Waals surface area contributed by atoms with Gasteiger partial charge in [-0.3, -0.25) is 0 Å². The first-order valence-electron chi connectivity index (χ1n) is 5.16. The van der Waals surface area contributed by atoms with Gasteiger partial charge in [0.15, 0.2) is 17.2 Å². The fraction of sp³-hybridized carbons (Fsp3) is 0. The quantitative estimate of drug-likeness (QED) is 0.660. The lowest BCUT2D eigenvalue weighted by Crippen LogP contribution is -1.85. The number of hydrogen-bond acceptors (Lipinski definition) is 2. The third-order valence-electron chi connectivity index (χ3n) is 2.64. The first-order valence-corrected chi connectivity index (χ1v) is 5.95. The number of fused-ring (bicyclic) bond motifs is 1. The zero-order valence-electron chi connectivity index (χ0n) is 8.95. The Balaban J connectivity index is 2.25. The smallest absolute Gasteiger partial charge is 0.181 e. The lowest BCUT2D eigenvalue weighted by Gasteiger charge is -1.98. The van der Waals surface area contributed by atoms with Gasteiger partial charge >= 0.3 is 0 Å². The van der Waals surface area contributed by atoms with E-state index in [0.717, 1.165) is 22.0 Å². The van der Waals surface area contributed by atoms with E-state index in [9.17, 15) is 8.78 Å². The van der Waals surface area contributed by atoms with E-state index in [2.05, 4.69) is 21.1 Å². The van der Waals surface area contributed by atoms with Gasteiger partial charge in [-0.1, -0.05) is 11.2 Å². The minimum Gasteiger partial charge on any atom is -0.354 e. The van der Waals surface area contributed by atoms with Crippen LogP contribution < -0.4 is 0 Å².